The van der Waals surface area contributed by atoms with Crippen molar-refractivity contribution in [2.24, 2.45) is 5.92 Å². The summed E-state index contributed by atoms with van der Waals surface area (Å²) in [6, 6.07) is 21.7. The number of ether oxygens (including phenoxy) is 1. The fourth-order valence-electron chi connectivity index (χ4n) is 3.89. The Kier molecular flexibility index (Phi) is 8.11. The summed E-state index contributed by atoms with van der Waals surface area (Å²) in [5.41, 5.74) is 4.49. The van der Waals surface area contributed by atoms with Gasteiger partial charge in [0.15, 0.2) is 0 Å². The highest BCUT2D eigenvalue weighted by molar-refractivity contribution is 5.81. The van der Waals surface area contributed by atoms with Crippen LogP contribution in [0, 0.1) is 17.2 Å². The van der Waals surface area contributed by atoms with E-state index in [0.29, 0.717) is 12.2 Å². The largest absolute Gasteiger partial charge is 0.356 e. The highest BCUT2D eigenvalue weighted by Gasteiger charge is 2.26. The predicted molar refractivity (Wildman–Crippen MR) is 134 cm³/mol. The lowest BCUT2D eigenvalue weighted by Gasteiger charge is -2.26. The van der Waals surface area contributed by atoms with Crippen molar-refractivity contribution in [2.45, 2.75) is 32.5 Å². The monoisotopic (exact) mass is 481 g/mol. The molecule has 2 N–H and O–H groups in total. The van der Waals surface area contributed by atoms with Gasteiger partial charge in [0, 0.05) is 23.5 Å². The molecule has 1 unspecified atom stereocenters. The van der Waals surface area contributed by atoms with Gasteiger partial charge in [0.25, 0.3) is 0 Å². The van der Waals surface area contributed by atoms with E-state index in [4.69, 9.17) is 10.00 Å². The van der Waals surface area contributed by atoms with Crippen molar-refractivity contribution in [3.05, 3.63) is 84.2 Å². The number of nitriles is 1. The van der Waals surface area contributed by atoms with Crippen LogP contribution >= 0.6 is 0 Å². The highest BCUT2D eigenvalue weighted by Crippen LogP contribution is 2.31. The molecule has 0 aliphatic heterocycles. The molecule has 0 bridgehead atoms. The van der Waals surface area contributed by atoms with Gasteiger partial charge in [0.2, 0.25) is 11.7 Å². The first kappa shape index (κ1) is 24.7. The van der Waals surface area contributed by atoms with Crippen molar-refractivity contribution in [3.63, 3.8) is 0 Å². The normalized spacial score (nSPS) is 12.6. The summed E-state index contributed by atoms with van der Waals surface area (Å²) >= 11 is 0. The summed E-state index contributed by atoms with van der Waals surface area (Å²) in [6.45, 7) is 4.02. The minimum absolute atomic E-state index is 0.0571. The second kappa shape index (κ2) is 11.8. The Morgan fingerprint density at radius 2 is 1.75 bits per heavy atom. The lowest BCUT2D eigenvalue weighted by atomic mass is 9.97. The first-order valence-corrected chi connectivity index (χ1v) is 11.7. The Morgan fingerprint density at radius 1 is 1.03 bits per heavy atom. The molecular formula is C27H27N7O2. The summed E-state index contributed by atoms with van der Waals surface area (Å²) in [7, 11) is 0. The number of hydrogen-bond donors (Lipinski definition) is 2. The summed E-state index contributed by atoms with van der Waals surface area (Å²) < 4.78 is 6.45. The fourth-order valence-corrected chi connectivity index (χ4v) is 3.89. The van der Waals surface area contributed by atoms with Crippen LogP contribution in [0.25, 0.3) is 22.5 Å². The molecule has 182 valence electrons. The molecule has 0 fully saturated rings. The number of amides is 1. The molecule has 0 saturated carbocycles. The number of carbonyl (C=O) groups excluding carboxylic acids is 1. The Hall–Kier alpha value is -4.42. The highest BCUT2D eigenvalue weighted by atomic mass is 16.5. The lowest BCUT2D eigenvalue weighted by Crippen LogP contribution is -2.38. The zero-order chi connectivity index (χ0) is 25.3. The number of rotatable bonds is 10. The van der Waals surface area contributed by atoms with Gasteiger partial charge in [0.05, 0.1) is 6.07 Å². The quantitative estimate of drug-likeness (QED) is 0.326. The molecule has 0 spiro atoms. The molecule has 4 rings (SSSR count). The molecule has 2 aromatic heterocycles. The van der Waals surface area contributed by atoms with Crippen LogP contribution in [-0.2, 0) is 9.53 Å². The van der Waals surface area contributed by atoms with Crippen molar-refractivity contribution in [2.75, 3.05) is 6.54 Å². The fraction of sp³-hybridized carbons (Fsp3) is 0.259. The Morgan fingerprint density at radius 3 is 2.42 bits per heavy atom. The summed E-state index contributed by atoms with van der Waals surface area (Å²) in [5.74, 6) is 0.428. The topological polar surface area (TPSA) is 129 Å². The van der Waals surface area contributed by atoms with Gasteiger partial charge in [-0.05, 0) is 40.3 Å². The van der Waals surface area contributed by atoms with Crippen LogP contribution in [0.5, 0.6) is 0 Å². The smallest absolute Gasteiger partial charge is 0.250 e. The molecule has 9 nitrogen and oxygen atoms in total. The minimum Gasteiger partial charge on any atom is -0.356 e. The third-order valence-corrected chi connectivity index (χ3v) is 5.61. The molecule has 0 aliphatic rings. The van der Waals surface area contributed by atoms with Gasteiger partial charge in [-0.2, -0.15) is 10.5 Å². The second-order valence-corrected chi connectivity index (χ2v) is 8.74. The van der Waals surface area contributed by atoms with Crippen LogP contribution in [0.15, 0.2) is 73.1 Å². The van der Waals surface area contributed by atoms with Gasteiger partial charge in [-0.15, -0.1) is 10.2 Å². The van der Waals surface area contributed by atoms with Crippen molar-refractivity contribution in [1.29, 1.82) is 5.26 Å². The minimum atomic E-state index is -0.695. The number of tetrazole rings is 1. The molecule has 2 atom stereocenters. The number of aromatic nitrogens is 5. The number of nitrogens with one attached hydrogen (secondary N) is 2. The van der Waals surface area contributed by atoms with Crippen molar-refractivity contribution < 1.29 is 9.53 Å². The van der Waals surface area contributed by atoms with E-state index in [1.165, 1.54) is 0 Å². The van der Waals surface area contributed by atoms with Gasteiger partial charge >= 0.3 is 0 Å². The molecule has 0 aliphatic carbocycles. The standard InChI is InChI=1S/C27H27N7O2/c1-18(2)14-24(27(35)30-13-12-28)36-25(20-6-4-3-5-7-20)21-10-8-19(9-11-21)22-15-23(17-29-16-22)26-31-33-34-32-26/h3-11,15-18,24-25H,13-14H2,1-2H3,(H,30,35)(H,31,32,33,34)/t24-,25?/m0/s1. The second-order valence-electron chi connectivity index (χ2n) is 8.74. The first-order valence-electron chi connectivity index (χ1n) is 11.7. The van der Waals surface area contributed by atoms with Crippen molar-refractivity contribution in [1.82, 2.24) is 30.9 Å². The summed E-state index contributed by atoms with van der Waals surface area (Å²) in [5, 5.41) is 25.6. The molecule has 0 radical (unpaired) electrons. The van der Waals surface area contributed by atoms with Crippen LogP contribution in [0.3, 0.4) is 0 Å². The molecule has 2 heterocycles. The maximum atomic E-state index is 12.8. The lowest BCUT2D eigenvalue weighted by molar-refractivity contribution is -0.136. The number of hydrogen-bond acceptors (Lipinski definition) is 7. The molecule has 0 saturated heterocycles. The van der Waals surface area contributed by atoms with Crippen molar-refractivity contribution >= 4 is 5.91 Å². The molecule has 2 aromatic carbocycles. The van der Waals surface area contributed by atoms with Crippen LogP contribution in [0.2, 0.25) is 0 Å². The van der Waals surface area contributed by atoms with Gasteiger partial charge in [-0.1, -0.05) is 68.4 Å². The summed E-state index contributed by atoms with van der Waals surface area (Å²) in [6.07, 6.45) is 2.85. The number of nitrogens with zero attached hydrogens (tertiary/aromatic N) is 5. The number of aromatic amines is 1. The molecule has 1 amide bonds. The molecule has 36 heavy (non-hydrogen) atoms. The Balaban J connectivity index is 1.63. The average Bonchev–Trinajstić information content (AvgIpc) is 3.45. The average molecular weight is 482 g/mol. The van der Waals surface area contributed by atoms with Crippen molar-refractivity contribution in [3.8, 4) is 28.6 Å². The summed E-state index contributed by atoms with van der Waals surface area (Å²) in [4.78, 5) is 17.1. The van der Waals surface area contributed by atoms with E-state index in [9.17, 15) is 4.79 Å². The van der Waals surface area contributed by atoms with E-state index < -0.39 is 12.2 Å². The number of pyridine rings is 1. The van der Waals surface area contributed by atoms with Crippen LogP contribution < -0.4 is 5.32 Å². The van der Waals surface area contributed by atoms with Gasteiger partial charge in [-0.3, -0.25) is 9.78 Å². The van der Waals surface area contributed by atoms with E-state index in [0.717, 1.165) is 27.8 Å². The third-order valence-electron chi connectivity index (χ3n) is 5.61. The predicted octanol–water partition coefficient (Wildman–Crippen LogP) is 4.09. The van der Waals surface area contributed by atoms with E-state index in [1.54, 1.807) is 12.4 Å². The van der Waals surface area contributed by atoms with Gasteiger partial charge in [0.1, 0.15) is 18.8 Å². The van der Waals surface area contributed by atoms with Crippen LogP contribution in [-0.4, -0.2) is 44.2 Å². The number of H-pyrrole nitrogens is 1. The van der Waals surface area contributed by atoms with Crippen LogP contribution in [0.4, 0.5) is 0 Å². The third kappa shape index (κ3) is 6.17. The molecule has 9 heteroatoms. The molecular weight excluding hydrogens is 454 g/mol. The zero-order valence-electron chi connectivity index (χ0n) is 20.1. The van der Waals surface area contributed by atoms with E-state index in [1.807, 2.05) is 80.6 Å². The first-order chi connectivity index (χ1) is 17.5. The maximum absolute atomic E-state index is 12.8. The van der Waals surface area contributed by atoms with Gasteiger partial charge < -0.3 is 10.1 Å². The Bertz CT molecular complexity index is 1300. The van der Waals surface area contributed by atoms with Crippen LogP contribution in [0.1, 0.15) is 37.5 Å². The number of carbonyl (C=O) groups is 1. The maximum Gasteiger partial charge on any atom is 0.250 e. The SMILES string of the molecule is CC(C)C[C@H](OC(c1ccccc1)c1ccc(-c2cncc(-c3nn[nH]n3)c2)cc1)C(=O)NCC#N. The zero-order valence-corrected chi connectivity index (χ0v) is 20.1. The number of benzene rings is 2. The Labute approximate surface area is 209 Å². The molecule has 4 aromatic rings. The van der Waals surface area contributed by atoms with E-state index in [-0.39, 0.29) is 18.4 Å². The van der Waals surface area contributed by atoms with E-state index >= 15 is 0 Å². The van der Waals surface area contributed by atoms with Gasteiger partial charge in [-0.25, -0.2) is 0 Å². The van der Waals surface area contributed by atoms with E-state index in [2.05, 4.69) is 30.9 Å².